The van der Waals surface area contributed by atoms with Crippen LogP contribution in [0, 0.1) is 0 Å². The molecule has 11 heavy (non-hydrogen) atoms. The molecule has 1 rings (SSSR count). The maximum atomic E-state index is 9.26. The Morgan fingerprint density at radius 3 is 2.82 bits per heavy atom. The standard InChI is InChI=1S/C7H13O2S2/c1-10-7-3-5(8)6(9)4-11(7)2/h3,5-6,8-9H,4H2,1-2H3/q+1/t5-,6+,11?/m0/s1. The maximum absolute atomic E-state index is 9.26. The van der Waals surface area contributed by atoms with Crippen molar-refractivity contribution in [1.29, 1.82) is 0 Å². The zero-order valence-electron chi connectivity index (χ0n) is 6.65. The lowest BCUT2D eigenvalue weighted by molar-refractivity contribution is 0.0635. The minimum Gasteiger partial charge on any atom is -0.386 e. The van der Waals surface area contributed by atoms with Gasteiger partial charge in [-0.3, -0.25) is 0 Å². The molecule has 2 N–H and O–H groups in total. The van der Waals surface area contributed by atoms with Gasteiger partial charge >= 0.3 is 0 Å². The first kappa shape index (κ1) is 9.45. The van der Waals surface area contributed by atoms with Crippen molar-refractivity contribution >= 4 is 22.7 Å². The number of rotatable bonds is 1. The van der Waals surface area contributed by atoms with Gasteiger partial charge in [0.1, 0.15) is 24.2 Å². The number of thioether (sulfide) groups is 1. The molecule has 1 aliphatic heterocycles. The summed E-state index contributed by atoms with van der Waals surface area (Å²) in [6.07, 6.45) is 4.65. The number of hydrogen-bond donors (Lipinski definition) is 2. The predicted octanol–water partition coefficient (Wildman–Crippen LogP) is 0.174. The summed E-state index contributed by atoms with van der Waals surface area (Å²) in [5, 5.41) is 18.5. The van der Waals surface area contributed by atoms with Gasteiger partial charge in [0, 0.05) is 17.0 Å². The molecule has 1 unspecified atom stereocenters. The third-order valence-electron chi connectivity index (χ3n) is 1.67. The molecule has 0 radical (unpaired) electrons. The molecule has 2 nitrogen and oxygen atoms in total. The van der Waals surface area contributed by atoms with Crippen LogP contribution in [0.3, 0.4) is 0 Å². The summed E-state index contributed by atoms with van der Waals surface area (Å²) in [7, 11) is 0.135. The summed E-state index contributed by atoms with van der Waals surface area (Å²) in [6.45, 7) is 0. The largest absolute Gasteiger partial charge is 0.386 e. The first-order valence-electron chi connectivity index (χ1n) is 3.39. The molecule has 4 heteroatoms. The van der Waals surface area contributed by atoms with E-state index < -0.39 is 12.2 Å². The zero-order valence-corrected chi connectivity index (χ0v) is 8.28. The topological polar surface area (TPSA) is 40.5 Å². The highest BCUT2D eigenvalue weighted by atomic mass is 32.2. The van der Waals surface area contributed by atoms with Crippen LogP contribution in [0.25, 0.3) is 0 Å². The van der Waals surface area contributed by atoms with E-state index in [2.05, 4.69) is 6.26 Å². The normalized spacial score (nSPS) is 38.5. The molecule has 0 spiro atoms. The average molecular weight is 193 g/mol. The van der Waals surface area contributed by atoms with Crippen LogP contribution in [-0.4, -0.2) is 40.7 Å². The van der Waals surface area contributed by atoms with E-state index in [4.69, 9.17) is 0 Å². The predicted molar refractivity (Wildman–Crippen MR) is 51.8 cm³/mol. The summed E-state index contributed by atoms with van der Waals surface area (Å²) in [6, 6.07) is 0. The molecule has 0 aliphatic carbocycles. The van der Waals surface area contributed by atoms with Gasteiger partial charge in [-0.2, -0.15) is 0 Å². The third-order valence-corrected chi connectivity index (χ3v) is 5.22. The molecule has 0 aromatic rings. The van der Waals surface area contributed by atoms with Gasteiger partial charge in [-0.25, -0.2) is 0 Å². The molecule has 0 aromatic heterocycles. The van der Waals surface area contributed by atoms with E-state index in [-0.39, 0.29) is 10.9 Å². The van der Waals surface area contributed by atoms with Gasteiger partial charge in [0.25, 0.3) is 0 Å². The molecular weight excluding hydrogens is 180 g/mol. The second-order valence-electron chi connectivity index (χ2n) is 2.55. The van der Waals surface area contributed by atoms with Crippen molar-refractivity contribution in [2.45, 2.75) is 12.2 Å². The SMILES string of the molecule is CSC1=C[C@H](O)[C@H](O)C[S+]1C. The van der Waals surface area contributed by atoms with Crippen LogP contribution < -0.4 is 0 Å². The number of aliphatic hydroxyl groups excluding tert-OH is 2. The second kappa shape index (κ2) is 3.85. The number of hydrogen-bond acceptors (Lipinski definition) is 3. The monoisotopic (exact) mass is 193 g/mol. The van der Waals surface area contributed by atoms with Crippen LogP contribution >= 0.6 is 11.8 Å². The smallest absolute Gasteiger partial charge is 0.186 e. The minimum atomic E-state index is -0.652. The molecule has 0 saturated carbocycles. The van der Waals surface area contributed by atoms with E-state index in [1.165, 1.54) is 4.24 Å². The summed E-state index contributed by atoms with van der Waals surface area (Å²) < 4.78 is 1.21. The molecule has 64 valence electrons. The second-order valence-corrected chi connectivity index (χ2v) is 5.71. The summed E-state index contributed by atoms with van der Waals surface area (Å²) >= 11 is 1.66. The molecule has 0 saturated heterocycles. The van der Waals surface area contributed by atoms with Gasteiger partial charge in [0.05, 0.1) is 0 Å². The number of aliphatic hydroxyl groups is 2. The fraction of sp³-hybridized carbons (Fsp3) is 0.714. The van der Waals surface area contributed by atoms with Crippen LogP contribution in [0.1, 0.15) is 0 Å². The van der Waals surface area contributed by atoms with E-state index in [9.17, 15) is 10.2 Å². The average Bonchev–Trinajstić information content (AvgIpc) is 1.97. The van der Waals surface area contributed by atoms with Gasteiger partial charge in [0.15, 0.2) is 4.24 Å². The Morgan fingerprint density at radius 1 is 1.64 bits per heavy atom. The van der Waals surface area contributed by atoms with E-state index in [1.807, 2.05) is 6.26 Å². The van der Waals surface area contributed by atoms with Crippen molar-refractivity contribution in [3.05, 3.63) is 10.3 Å². The molecule has 0 aromatic carbocycles. The van der Waals surface area contributed by atoms with Crippen LogP contribution in [0.15, 0.2) is 10.3 Å². The first-order valence-corrected chi connectivity index (χ1v) is 6.42. The van der Waals surface area contributed by atoms with Gasteiger partial charge in [-0.15, -0.1) is 0 Å². The van der Waals surface area contributed by atoms with Crippen LogP contribution in [-0.2, 0) is 10.9 Å². The summed E-state index contributed by atoms with van der Waals surface area (Å²) in [5.74, 6) is 0.702. The molecule has 1 heterocycles. The van der Waals surface area contributed by atoms with Crippen molar-refractivity contribution in [3.63, 3.8) is 0 Å². The Morgan fingerprint density at radius 2 is 2.27 bits per heavy atom. The van der Waals surface area contributed by atoms with E-state index >= 15 is 0 Å². The fourth-order valence-electron chi connectivity index (χ4n) is 1.01. The van der Waals surface area contributed by atoms with Gasteiger partial charge < -0.3 is 10.2 Å². The third kappa shape index (κ3) is 2.15. The summed E-state index contributed by atoms with van der Waals surface area (Å²) in [5.41, 5.74) is 0. The van der Waals surface area contributed by atoms with Crippen molar-refractivity contribution in [2.24, 2.45) is 0 Å². The van der Waals surface area contributed by atoms with E-state index in [0.29, 0.717) is 5.75 Å². The molecular formula is C7H13O2S2+. The van der Waals surface area contributed by atoms with Crippen molar-refractivity contribution in [2.75, 3.05) is 18.3 Å². The van der Waals surface area contributed by atoms with Crippen molar-refractivity contribution in [3.8, 4) is 0 Å². The lowest BCUT2D eigenvalue weighted by Gasteiger charge is -2.19. The van der Waals surface area contributed by atoms with Gasteiger partial charge in [-0.05, 0) is 6.26 Å². The minimum absolute atomic E-state index is 0.135. The Bertz CT molecular complexity index is 170. The lowest BCUT2D eigenvalue weighted by atomic mass is 10.2. The van der Waals surface area contributed by atoms with Crippen molar-refractivity contribution in [1.82, 2.24) is 0 Å². The molecule has 0 bridgehead atoms. The Kier molecular flexibility index (Phi) is 3.30. The Hall–Kier alpha value is 0.360. The van der Waals surface area contributed by atoms with Crippen LogP contribution in [0.5, 0.6) is 0 Å². The van der Waals surface area contributed by atoms with Gasteiger partial charge in [-0.1, -0.05) is 11.8 Å². The fourth-order valence-corrected chi connectivity index (χ4v) is 3.88. The quantitative estimate of drug-likeness (QED) is 0.583. The molecule has 0 fully saturated rings. The van der Waals surface area contributed by atoms with Crippen LogP contribution in [0.4, 0.5) is 0 Å². The van der Waals surface area contributed by atoms with Crippen molar-refractivity contribution < 1.29 is 10.2 Å². The molecule has 1 aliphatic rings. The lowest BCUT2D eigenvalue weighted by Crippen LogP contribution is -2.35. The highest BCUT2D eigenvalue weighted by Crippen LogP contribution is 2.26. The maximum Gasteiger partial charge on any atom is 0.186 e. The van der Waals surface area contributed by atoms with Gasteiger partial charge in [0.2, 0.25) is 0 Å². The first-order chi connectivity index (χ1) is 5.15. The zero-order chi connectivity index (χ0) is 8.43. The summed E-state index contributed by atoms with van der Waals surface area (Å²) in [4.78, 5) is 0. The highest BCUT2D eigenvalue weighted by Gasteiger charge is 2.32. The molecule has 0 amide bonds. The highest BCUT2D eigenvalue weighted by molar-refractivity contribution is 8.20. The van der Waals surface area contributed by atoms with Crippen LogP contribution in [0.2, 0.25) is 0 Å². The van der Waals surface area contributed by atoms with E-state index in [1.54, 1.807) is 17.8 Å². The molecule has 3 atom stereocenters. The Labute approximate surface area is 74.0 Å². The van der Waals surface area contributed by atoms with E-state index in [0.717, 1.165) is 0 Å². The Balaban J connectivity index is 2.70.